The fraction of sp³-hybridized carbons (Fsp3) is 0.500. The van der Waals surface area contributed by atoms with Gasteiger partial charge >= 0.3 is 0 Å². The third-order valence-corrected chi connectivity index (χ3v) is 3.82. The van der Waals surface area contributed by atoms with E-state index in [1.807, 2.05) is 43.7 Å². The molecule has 0 saturated heterocycles. The Bertz CT molecular complexity index is 492. The molecule has 2 aliphatic rings. The second-order valence-electron chi connectivity index (χ2n) is 4.79. The number of hydrogen-bond acceptors (Lipinski definition) is 4. The highest BCUT2D eigenvalue weighted by Crippen LogP contribution is 2.33. The highest BCUT2D eigenvalue weighted by Gasteiger charge is 2.39. The number of fused-ring (bicyclic) bond motifs is 1. The number of halogens is 1. The van der Waals surface area contributed by atoms with Gasteiger partial charge in [0.15, 0.2) is 5.96 Å². The number of amides is 1. The fourth-order valence-corrected chi connectivity index (χ4v) is 2.75. The zero-order valence-electron chi connectivity index (χ0n) is 10.9. The Morgan fingerprint density at radius 2 is 2.11 bits per heavy atom. The zero-order chi connectivity index (χ0) is 13.6. The Balaban J connectivity index is 2.60. The summed E-state index contributed by atoms with van der Waals surface area (Å²) >= 11 is 3.32. The minimum atomic E-state index is -0.170. The number of carbonyl (C=O) groups is 1. The minimum Gasteiger partial charge on any atom is -0.369 e. The Kier molecular flexibility index (Phi) is 3.23. The maximum Gasteiger partial charge on any atom is 0.263 e. The van der Waals surface area contributed by atoms with Crippen LogP contribution in [0.1, 0.15) is 20.8 Å². The van der Waals surface area contributed by atoms with E-state index in [0.29, 0.717) is 10.4 Å². The number of likely N-dealkylation sites (N-methyl/N-ethyl adjacent to an activating group) is 1. The number of nitrogens with two attached hydrogens (primary N) is 1. The molecule has 0 aromatic rings. The normalized spacial score (nSPS) is 24.3. The van der Waals surface area contributed by atoms with Gasteiger partial charge in [0, 0.05) is 24.4 Å². The fourth-order valence-electron chi connectivity index (χ4n) is 2.30. The molecule has 0 spiro atoms. The van der Waals surface area contributed by atoms with Gasteiger partial charge in [-0.15, -0.1) is 0 Å². The Hall–Kier alpha value is -1.30. The van der Waals surface area contributed by atoms with E-state index in [0.717, 1.165) is 11.3 Å². The molecule has 0 aromatic heterocycles. The summed E-state index contributed by atoms with van der Waals surface area (Å²) in [6, 6.07) is 0.0832. The SMILES string of the molecule is CC1=C2C=C(Br)C(=O)N(C(C)C)C2N(C)C(N)=N1. The Labute approximate surface area is 115 Å². The van der Waals surface area contributed by atoms with Gasteiger partial charge in [-0.3, -0.25) is 4.79 Å². The maximum absolute atomic E-state index is 12.3. The molecule has 0 aliphatic carbocycles. The average molecular weight is 313 g/mol. The van der Waals surface area contributed by atoms with Crippen LogP contribution in [0.2, 0.25) is 0 Å². The lowest BCUT2D eigenvalue weighted by Crippen LogP contribution is -2.59. The Morgan fingerprint density at radius 1 is 1.50 bits per heavy atom. The van der Waals surface area contributed by atoms with Crippen molar-refractivity contribution in [3.8, 4) is 0 Å². The summed E-state index contributed by atoms with van der Waals surface area (Å²) < 4.78 is 0.561. The number of nitrogens with zero attached hydrogens (tertiary/aromatic N) is 3. The summed E-state index contributed by atoms with van der Waals surface area (Å²) in [6.45, 7) is 5.89. The van der Waals surface area contributed by atoms with Crippen molar-refractivity contribution in [3.05, 3.63) is 21.8 Å². The summed E-state index contributed by atoms with van der Waals surface area (Å²) in [6.07, 6.45) is 1.67. The monoisotopic (exact) mass is 312 g/mol. The van der Waals surface area contributed by atoms with Crippen LogP contribution in [0.3, 0.4) is 0 Å². The first-order valence-electron chi connectivity index (χ1n) is 5.82. The summed E-state index contributed by atoms with van der Waals surface area (Å²) in [5.41, 5.74) is 7.75. The van der Waals surface area contributed by atoms with E-state index in [1.165, 1.54) is 0 Å². The first-order chi connectivity index (χ1) is 8.34. The number of allylic oxidation sites excluding steroid dienone is 1. The maximum atomic E-state index is 12.3. The van der Waals surface area contributed by atoms with E-state index < -0.39 is 0 Å². The lowest BCUT2D eigenvalue weighted by atomic mass is 10.0. The van der Waals surface area contributed by atoms with Crippen molar-refractivity contribution in [2.45, 2.75) is 33.0 Å². The van der Waals surface area contributed by atoms with Gasteiger partial charge in [0.2, 0.25) is 0 Å². The van der Waals surface area contributed by atoms with E-state index in [1.54, 1.807) is 0 Å². The molecule has 18 heavy (non-hydrogen) atoms. The third-order valence-electron chi connectivity index (χ3n) is 3.25. The van der Waals surface area contributed by atoms with Crippen molar-refractivity contribution in [1.29, 1.82) is 0 Å². The molecule has 0 saturated carbocycles. The summed E-state index contributed by atoms with van der Waals surface area (Å²) in [5, 5.41) is 0. The molecule has 6 heteroatoms. The predicted octanol–water partition coefficient (Wildman–Crippen LogP) is 1.38. The van der Waals surface area contributed by atoms with E-state index in [9.17, 15) is 4.79 Å². The minimum absolute atomic E-state index is 0.0203. The molecule has 2 rings (SSSR count). The molecule has 0 aromatic carbocycles. The highest BCUT2D eigenvalue weighted by molar-refractivity contribution is 9.12. The first-order valence-corrected chi connectivity index (χ1v) is 6.61. The summed E-state index contributed by atoms with van der Waals surface area (Å²) in [7, 11) is 1.85. The van der Waals surface area contributed by atoms with Gasteiger partial charge in [-0.2, -0.15) is 0 Å². The lowest BCUT2D eigenvalue weighted by Gasteiger charge is -2.45. The molecule has 0 fully saturated rings. The van der Waals surface area contributed by atoms with Crippen LogP contribution in [0.5, 0.6) is 0 Å². The van der Waals surface area contributed by atoms with Gasteiger partial charge in [-0.25, -0.2) is 4.99 Å². The molecule has 1 unspecified atom stereocenters. The van der Waals surface area contributed by atoms with Gasteiger partial charge in [-0.1, -0.05) is 0 Å². The number of guanidine groups is 1. The van der Waals surface area contributed by atoms with Crippen LogP contribution in [0.25, 0.3) is 0 Å². The van der Waals surface area contributed by atoms with Crippen molar-refractivity contribution in [3.63, 3.8) is 0 Å². The van der Waals surface area contributed by atoms with Gasteiger partial charge in [0.1, 0.15) is 6.17 Å². The van der Waals surface area contributed by atoms with Crippen molar-refractivity contribution < 1.29 is 4.79 Å². The number of hydrogen-bond donors (Lipinski definition) is 1. The molecule has 2 heterocycles. The average Bonchev–Trinajstić information content (AvgIpc) is 2.28. The van der Waals surface area contributed by atoms with Crippen LogP contribution in [-0.4, -0.2) is 40.9 Å². The second-order valence-corrected chi connectivity index (χ2v) is 5.65. The molecule has 0 radical (unpaired) electrons. The number of carbonyl (C=O) groups excluding carboxylic acids is 1. The molecule has 98 valence electrons. The van der Waals surface area contributed by atoms with E-state index in [2.05, 4.69) is 20.9 Å². The van der Waals surface area contributed by atoms with Crippen molar-refractivity contribution >= 4 is 27.8 Å². The van der Waals surface area contributed by atoms with Crippen LogP contribution in [0.15, 0.2) is 26.8 Å². The number of aliphatic imine (C=N–C) groups is 1. The first kappa shape index (κ1) is 13.1. The number of rotatable bonds is 1. The zero-order valence-corrected chi connectivity index (χ0v) is 12.5. The predicted molar refractivity (Wildman–Crippen MR) is 74.9 cm³/mol. The quantitative estimate of drug-likeness (QED) is 0.795. The van der Waals surface area contributed by atoms with Crippen LogP contribution < -0.4 is 5.73 Å². The van der Waals surface area contributed by atoms with Gasteiger partial charge in [0.25, 0.3) is 5.91 Å². The highest BCUT2D eigenvalue weighted by atomic mass is 79.9. The van der Waals surface area contributed by atoms with Crippen molar-refractivity contribution in [2.24, 2.45) is 10.7 Å². The Morgan fingerprint density at radius 3 is 2.67 bits per heavy atom. The van der Waals surface area contributed by atoms with E-state index in [-0.39, 0.29) is 18.1 Å². The summed E-state index contributed by atoms with van der Waals surface area (Å²) in [5.74, 6) is 0.416. The molecule has 2 aliphatic heterocycles. The van der Waals surface area contributed by atoms with E-state index in [4.69, 9.17) is 5.73 Å². The molecular formula is C12H17BrN4O. The third kappa shape index (κ3) is 1.84. The largest absolute Gasteiger partial charge is 0.369 e. The van der Waals surface area contributed by atoms with Crippen LogP contribution in [0, 0.1) is 0 Å². The molecular weight excluding hydrogens is 296 g/mol. The van der Waals surface area contributed by atoms with Crippen LogP contribution in [-0.2, 0) is 4.79 Å². The molecule has 5 nitrogen and oxygen atoms in total. The standard InChI is InChI=1S/C12H17BrN4O/c1-6(2)17-10-8(5-9(13)11(17)18)7(3)15-12(14)16(10)4/h5-6,10H,1-4H3,(H2,14,15). The molecule has 0 bridgehead atoms. The summed E-state index contributed by atoms with van der Waals surface area (Å²) in [4.78, 5) is 20.2. The molecule has 1 amide bonds. The van der Waals surface area contributed by atoms with Gasteiger partial charge < -0.3 is 15.5 Å². The smallest absolute Gasteiger partial charge is 0.263 e. The van der Waals surface area contributed by atoms with Gasteiger partial charge in [0.05, 0.1) is 4.48 Å². The van der Waals surface area contributed by atoms with Gasteiger partial charge in [-0.05, 0) is 42.8 Å². The van der Waals surface area contributed by atoms with Crippen LogP contribution >= 0.6 is 15.9 Å². The molecule has 2 N–H and O–H groups in total. The van der Waals surface area contributed by atoms with Crippen molar-refractivity contribution in [2.75, 3.05) is 7.05 Å². The van der Waals surface area contributed by atoms with Crippen LogP contribution in [0.4, 0.5) is 0 Å². The van der Waals surface area contributed by atoms with E-state index >= 15 is 0 Å². The lowest BCUT2D eigenvalue weighted by molar-refractivity contribution is -0.132. The molecule has 1 atom stereocenters. The van der Waals surface area contributed by atoms with Crippen molar-refractivity contribution in [1.82, 2.24) is 9.80 Å². The second kappa shape index (κ2) is 4.42. The topological polar surface area (TPSA) is 61.9 Å².